The lowest BCUT2D eigenvalue weighted by Gasteiger charge is -2.18. The third-order valence-electron chi connectivity index (χ3n) is 4.55. The summed E-state index contributed by atoms with van der Waals surface area (Å²) in [6.07, 6.45) is 1.58. The van der Waals surface area contributed by atoms with Crippen LogP contribution < -0.4 is 9.47 Å². The van der Waals surface area contributed by atoms with Crippen molar-refractivity contribution >= 4 is 50.9 Å². The van der Waals surface area contributed by atoms with Crippen molar-refractivity contribution in [2.45, 2.75) is 19.6 Å². The Morgan fingerprint density at radius 2 is 1.84 bits per heavy atom. The topological polar surface area (TPSA) is 82.1 Å². The number of imide groups is 1. The van der Waals surface area contributed by atoms with Crippen LogP contribution in [-0.2, 0) is 20.9 Å². The maximum absolute atomic E-state index is 12.6. The summed E-state index contributed by atoms with van der Waals surface area (Å²) in [7, 11) is 2.73. The van der Waals surface area contributed by atoms with Gasteiger partial charge in [0.15, 0.2) is 11.5 Å². The predicted molar refractivity (Wildman–Crippen MR) is 121 cm³/mol. The van der Waals surface area contributed by atoms with Gasteiger partial charge in [0.1, 0.15) is 12.6 Å². The highest BCUT2D eigenvalue weighted by molar-refractivity contribution is 9.10. The summed E-state index contributed by atoms with van der Waals surface area (Å²) >= 11 is 4.17. The van der Waals surface area contributed by atoms with Gasteiger partial charge in [-0.1, -0.05) is 34.1 Å². The average Bonchev–Trinajstić information content (AvgIpc) is 3.05. The Labute approximate surface area is 192 Å². The molecule has 3 rings (SSSR count). The number of esters is 1. The van der Waals surface area contributed by atoms with Gasteiger partial charge in [-0.15, -0.1) is 0 Å². The van der Waals surface area contributed by atoms with Crippen molar-refractivity contribution in [2.75, 3.05) is 14.2 Å². The minimum Gasteiger partial charge on any atom is -0.493 e. The summed E-state index contributed by atoms with van der Waals surface area (Å²) in [6, 6.07) is 12.0. The first-order valence-corrected chi connectivity index (χ1v) is 10.8. The first-order chi connectivity index (χ1) is 14.8. The molecule has 0 N–H and O–H groups in total. The number of amides is 2. The van der Waals surface area contributed by atoms with Crippen molar-refractivity contribution in [3.63, 3.8) is 0 Å². The molecule has 0 aromatic heterocycles. The third-order valence-corrected chi connectivity index (χ3v) is 5.96. The molecule has 1 fully saturated rings. The molecule has 31 heavy (non-hydrogen) atoms. The van der Waals surface area contributed by atoms with Gasteiger partial charge in [0.05, 0.1) is 19.1 Å². The molecule has 0 saturated carbocycles. The van der Waals surface area contributed by atoms with Gasteiger partial charge < -0.3 is 14.2 Å². The fourth-order valence-corrected chi connectivity index (χ4v) is 4.05. The van der Waals surface area contributed by atoms with Crippen molar-refractivity contribution in [1.29, 1.82) is 0 Å². The second-order valence-corrected chi connectivity index (χ2v) is 8.49. The summed E-state index contributed by atoms with van der Waals surface area (Å²) in [4.78, 5) is 37.7. The Kier molecular flexibility index (Phi) is 7.40. The fourth-order valence-electron chi connectivity index (χ4n) is 2.88. The fraction of sp³-hybridized carbons (Fsp3) is 0.227. The number of thioether (sulfide) groups is 1. The highest BCUT2D eigenvalue weighted by atomic mass is 79.9. The van der Waals surface area contributed by atoms with Gasteiger partial charge in [0, 0.05) is 4.47 Å². The molecule has 1 saturated heterocycles. The molecule has 1 aliphatic rings. The molecular weight excluding hydrogens is 486 g/mol. The monoisotopic (exact) mass is 505 g/mol. The van der Waals surface area contributed by atoms with Crippen LogP contribution >= 0.6 is 27.7 Å². The third kappa shape index (κ3) is 5.29. The van der Waals surface area contributed by atoms with E-state index in [4.69, 9.17) is 9.47 Å². The van der Waals surface area contributed by atoms with Crippen molar-refractivity contribution in [2.24, 2.45) is 0 Å². The number of carbonyl (C=O) groups excluding carboxylic acids is 3. The molecule has 0 spiro atoms. The van der Waals surface area contributed by atoms with Crippen LogP contribution in [0.2, 0.25) is 0 Å². The second-order valence-electron chi connectivity index (χ2n) is 6.58. The van der Waals surface area contributed by atoms with Crippen LogP contribution in [0.4, 0.5) is 4.79 Å². The van der Waals surface area contributed by atoms with Gasteiger partial charge in [-0.2, -0.15) is 0 Å². The Balaban J connectivity index is 1.76. The van der Waals surface area contributed by atoms with E-state index in [2.05, 4.69) is 20.7 Å². The Hall–Kier alpha value is -2.78. The number of methoxy groups -OCH3 is 2. The quantitative estimate of drug-likeness (QED) is 0.400. The Morgan fingerprint density at radius 3 is 2.48 bits per heavy atom. The number of rotatable bonds is 7. The average molecular weight is 506 g/mol. The predicted octanol–water partition coefficient (Wildman–Crippen LogP) is 4.63. The lowest BCUT2D eigenvalue weighted by atomic mass is 10.1. The van der Waals surface area contributed by atoms with Crippen molar-refractivity contribution in [3.05, 3.63) is 63.0 Å². The largest absolute Gasteiger partial charge is 0.493 e. The number of halogens is 1. The van der Waals surface area contributed by atoms with Gasteiger partial charge >= 0.3 is 5.97 Å². The lowest BCUT2D eigenvalue weighted by molar-refractivity contribution is -0.148. The summed E-state index contributed by atoms with van der Waals surface area (Å²) in [6.45, 7) is 1.82. The van der Waals surface area contributed by atoms with Crippen molar-refractivity contribution in [3.8, 4) is 11.5 Å². The number of carbonyl (C=O) groups is 3. The molecule has 2 aromatic carbocycles. The Morgan fingerprint density at radius 1 is 1.13 bits per heavy atom. The van der Waals surface area contributed by atoms with Crippen molar-refractivity contribution in [1.82, 2.24) is 4.90 Å². The number of benzene rings is 2. The van der Waals surface area contributed by atoms with Crippen LogP contribution in [0.15, 0.2) is 51.8 Å². The van der Waals surface area contributed by atoms with Crippen LogP contribution in [0.25, 0.3) is 6.08 Å². The van der Waals surface area contributed by atoms with E-state index in [1.54, 1.807) is 24.3 Å². The maximum Gasteiger partial charge on any atom is 0.328 e. The minimum atomic E-state index is -0.993. The number of nitrogens with zero attached hydrogens (tertiary/aromatic N) is 1. The minimum absolute atomic E-state index is 0.214. The Bertz CT molecular complexity index is 1040. The van der Waals surface area contributed by atoms with Gasteiger partial charge in [-0.05, 0) is 60.2 Å². The van der Waals surface area contributed by atoms with Gasteiger partial charge in [0.25, 0.3) is 11.1 Å². The first kappa shape index (κ1) is 22.9. The molecular formula is C22H20BrNO6S. The summed E-state index contributed by atoms with van der Waals surface area (Å²) in [5, 5.41) is -0.518. The zero-order valence-corrected chi connectivity index (χ0v) is 19.5. The molecule has 2 amide bonds. The molecule has 2 aromatic rings. The molecule has 1 aliphatic heterocycles. The SMILES string of the molecule is COC(=O)[C@H](C)N1C(=O)S/C(=C/c2ccc(OCc3ccc(Br)cc3)c(OC)c2)C1=O. The molecule has 0 bridgehead atoms. The van der Waals surface area contributed by atoms with E-state index in [1.165, 1.54) is 21.1 Å². The highest BCUT2D eigenvalue weighted by Crippen LogP contribution is 2.35. The van der Waals surface area contributed by atoms with Gasteiger partial charge in [-0.3, -0.25) is 14.5 Å². The second kappa shape index (κ2) is 10.0. The van der Waals surface area contributed by atoms with E-state index < -0.39 is 23.2 Å². The molecule has 1 atom stereocenters. The molecule has 162 valence electrons. The standard InChI is InChI=1S/C22H20BrNO6S/c1-13(21(26)29-3)24-20(25)19(31-22(24)27)11-15-6-9-17(18(10-15)28-2)30-12-14-4-7-16(23)8-5-14/h4-11,13H,12H2,1-3H3/b19-11+/t13-/m0/s1. The molecule has 0 aliphatic carbocycles. The summed E-state index contributed by atoms with van der Waals surface area (Å²) in [5.41, 5.74) is 1.66. The first-order valence-electron chi connectivity index (χ1n) is 9.24. The smallest absolute Gasteiger partial charge is 0.328 e. The zero-order valence-electron chi connectivity index (χ0n) is 17.1. The van der Waals surface area contributed by atoms with Crippen LogP contribution in [0.1, 0.15) is 18.1 Å². The van der Waals surface area contributed by atoms with Crippen LogP contribution in [0, 0.1) is 0 Å². The van der Waals surface area contributed by atoms with Crippen molar-refractivity contribution < 1.29 is 28.6 Å². The molecule has 9 heteroatoms. The van der Waals surface area contributed by atoms with E-state index in [1.807, 2.05) is 24.3 Å². The number of ether oxygens (including phenoxy) is 3. The van der Waals surface area contributed by atoms with E-state index in [9.17, 15) is 14.4 Å². The van der Waals surface area contributed by atoms with E-state index in [0.29, 0.717) is 23.7 Å². The van der Waals surface area contributed by atoms with Crippen LogP contribution in [-0.4, -0.2) is 42.3 Å². The zero-order chi connectivity index (χ0) is 22.5. The summed E-state index contributed by atoms with van der Waals surface area (Å²) in [5.74, 6) is -0.150. The molecule has 0 radical (unpaired) electrons. The van der Waals surface area contributed by atoms with Gasteiger partial charge in [-0.25, -0.2) is 4.79 Å². The lowest BCUT2D eigenvalue weighted by Crippen LogP contribution is -2.42. The van der Waals surface area contributed by atoms with Gasteiger partial charge in [0.2, 0.25) is 0 Å². The summed E-state index contributed by atoms with van der Waals surface area (Å²) < 4.78 is 16.9. The van der Waals surface area contributed by atoms with E-state index >= 15 is 0 Å². The van der Waals surface area contributed by atoms with E-state index in [-0.39, 0.29) is 4.91 Å². The van der Waals surface area contributed by atoms with Crippen LogP contribution in [0.3, 0.4) is 0 Å². The number of hydrogen-bond donors (Lipinski definition) is 0. The molecule has 7 nitrogen and oxygen atoms in total. The molecule has 1 heterocycles. The normalized spacial score (nSPS) is 15.9. The number of hydrogen-bond acceptors (Lipinski definition) is 7. The van der Waals surface area contributed by atoms with Crippen LogP contribution in [0.5, 0.6) is 11.5 Å². The molecule has 0 unspecified atom stereocenters. The maximum atomic E-state index is 12.6. The highest BCUT2D eigenvalue weighted by Gasteiger charge is 2.41. The van der Waals surface area contributed by atoms with E-state index in [0.717, 1.165) is 26.7 Å².